The van der Waals surface area contributed by atoms with Gasteiger partial charge in [-0.3, -0.25) is 13.7 Å². The van der Waals surface area contributed by atoms with Crippen molar-refractivity contribution in [1.29, 1.82) is 0 Å². The Labute approximate surface area is 292 Å². The van der Waals surface area contributed by atoms with Crippen LogP contribution in [-0.2, 0) is 13.7 Å². The van der Waals surface area contributed by atoms with Crippen molar-refractivity contribution in [2.75, 3.05) is 7.11 Å². The highest BCUT2D eigenvalue weighted by molar-refractivity contribution is 7.91. The van der Waals surface area contributed by atoms with Crippen LogP contribution < -0.4 is 20.7 Å². The number of allylic oxidation sites excluding steroid dienone is 3. The topological polar surface area (TPSA) is 121 Å². The first-order valence-electron chi connectivity index (χ1n) is 14.0. The second-order valence-electron chi connectivity index (χ2n) is 9.94. The van der Waals surface area contributed by atoms with Gasteiger partial charge in [-0.15, -0.1) is 0 Å². The lowest BCUT2D eigenvalue weighted by Crippen LogP contribution is -1.97. The summed E-state index contributed by atoms with van der Waals surface area (Å²) in [4.78, 5) is 26.4. The van der Waals surface area contributed by atoms with Crippen molar-refractivity contribution < 1.29 is 33.1 Å². The maximum atomic E-state index is 10.7. The van der Waals surface area contributed by atoms with E-state index in [1.165, 1.54) is 64.2 Å². The van der Waals surface area contributed by atoms with Crippen molar-refractivity contribution in [2.45, 2.75) is 34.6 Å². The van der Waals surface area contributed by atoms with Gasteiger partial charge in [0.15, 0.2) is 0 Å². The van der Waals surface area contributed by atoms with Crippen molar-refractivity contribution in [3.63, 3.8) is 0 Å². The van der Waals surface area contributed by atoms with Crippen LogP contribution in [0.25, 0.3) is 6.08 Å². The minimum absolute atomic E-state index is 0.275. The lowest BCUT2D eigenvalue weighted by atomic mass is 9.96. The first-order chi connectivity index (χ1) is 21.8. The molecule has 0 radical (unpaired) electrons. The lowest BCUT2D eigenvalue weighted by Gasteiger charge is -2.13. The van der Waals surface area contributed by atoms with Gasteiger partial charge in [-0.25, -0.2) is 0 Å². The van der Waals surface area contributed by atoms with E-state index in [0.29, 0.717) is 0 Å². The number of benzene rings is 4. The lowest BCUT2D eigenvalue weighted by molar-refractivity contribution is 0.411. The largest absolute Gasteiger partial charge is 0.496 e. The maximum Gasteiger partial charge on any atom is 0.317 e. The number of rotatable bonds is 6. The predicted octanol–water partition coefficient (Wildman–Crippen LogP) is 9.81. The highest BCUT2D eigenvalue weighted by Gasteiger charge is 2.16. The Balaban J connectivity index is 0.000000324. The van der Waals surface area contributed by atoms with Crippen LogP contribution in [0.3, 0.4) is 0 Å². The predicted molar refractivity (Wildman–Crippen MR) is 201 cm³/mol. The minimum atomic E-state index is -3.55. The van der Waals surface area contributed by atoms with Gasteiger partial charge < -0.3 is 19.4 Å². The first-order valence-corrected chi connectivity index (χ1v) is 21.7. The fourth-order valence-electron chi connectivity index (χ4n) is 3.68. The molecule has 3 N–H and O–H groups in total. The zero-order chi connectivity index (χ0) is 35.8. The van der Waals surface area contributed by atoms with Crippen LogP contribution in [0, 0.1) is 20.8 Å². The monoisotopic (exact) mass is 758 g/mol. The fourth-order valence-corrected chi connectivity index (χ4v) is 6.31. The molecule has 0 amide bonds. The number of hydrogen-bond acceptors (Lipinski definition) is 4. The van der Waals surface area contributed by atoms with Gasteiger partial charge >= 0.3 is 20.2 Å². The summed E-state index contributed by atoms with van der Waals surface area (Å²) < 4.78 is 37.6. The summed E-state index contributed by atoms with van der Waals surface area (Å²) in [5.41, 5.74) is 6.34. The molecular formula is C34H40Cl3O7P3. The Kier molecular flexibility index (Phi) is 18.3. The summed E-state index contributed by atoms with van der Waals surface area (Å²) >= 11 is 15.5. The molecule has 254 valence electrons. The van der Waals surface area contributed by atoms with Crippen LogP contribution >= 0.6 is 53.9 Å². The molecule has 0 saturated heterocycles. The van der Waals surface area contributed by atoms with E-state index in [1.54, 1.807) is 61.7 Å². The zero-order valence-electron chi connectivity index (χ0n) is 26.9. The average Bonchev–Trinajstić information content (AvgIpc) is 3.03. The Bertz CT molecular complexity index is 1610. The van der Waals surface area contributed by atoms with Gasteiger partial charge in [-0.1, -0.05) is 78.4 Å². The van der Waals surface area contributed by atoms with Gasteiger partial charge in [0, 0.05) is 0 Å². The molecule has 47 heavy (non-hydrogen) atoms. The van der Waals surface area contributed by atoms with Gasteiger partial charge in [-0.05, 0) is 133 Å². The Morgan fingerprint density at radius 1 is 0.660 bits per heavy atom. The standard InChI is InChI=1S/C16H22O.3C6H6ClO2P/c1-7-11(2)8-9-15-12(3)10-16(17-6)14(5)13(15)4;3*7-10(8,9)6-4-2-1-3-5-6/h7-10H,1-6H3;3*1-5H,(H,8,9)/b9-8+,11-7+;;;. The molecule has 13 heteroatoms. The van der Waals surface area contributed by atoms with E-state index in [0.717, 1.165) is 5.75 Å². The molecule has 3 atom stereocenters. The number of aryl methyl sites for hydroxylation is 1. The molecule has 3 unspecified atom stereocenters. The Morgan fingerprint density at radius 3 is 1.26 bits per heavy atom. The molecule has 0 aliphatic heterocycles. The Morgan fingerprint density at radius 2 is 1.00 bits per heavy atom. The highest BCUT2D eigenvalue weighted by Crippen LogP contribution is 2.45. The van der Waals surface area contributed by atoms with Crippen molar-refractivity contribution >= 4 is 75.9 Å². The summed E-state index contributed by atoms with van der Waals surface area (Å²) in [7, 11) is 1.72. The normalized spacial score (nSPS) is 14.8. The van der Waals surface area contributed by atoms with Gasteiger partial charge in [-0.2, -0.15) is 0 Å². The summed E-state index contributed by atoms with van der Waals surface area (Å²) in [5, 5.41) is 0.824. The van der Waals surface area contributed by atoms with E-state index < -0.39 is 20.2 Å². The second-order valence-corrected chi connectivity index (χ2v) is 18.6. The molecule has 0 saturated carbocycles. The molecule has 0 aliphatic rings. The second kappa shape index (κ2) is 20.2. The smallest absolute Gasteiger partial charge is 0.317 e. The highest BCUT2D eigenvalue weighted by atomic mass is 35.7. The van der Waals surface area contributed by atoms with Crippen LogP contribution in [0.2, 0.25) is 0 Å². The van der Waals surface area contributed by atoms with Crippen LogP contribution in [0.5, 0.6) is 5.75 Å². The average molecular weight is 760 g/mol. The van der Waals surface area contributed by atoms with Crippen LogP contribution in [0.15, 0.2) is 115 Å². The zero-order valence-corrected chi connectivity index (χ0v) is 31.9. The molecule has 0 heterocycles. The van der Waals surface area contributed by atoms with Crippen molar-refractivity contribution in [3.05, 3.63) is 137 Å². The molecule has 4 aromatic rings. The van der Waals surface area contributed by atoms with Crippen molar-refractivity contribution in [2.24, 2.45) is 0 Å². The van der Waals surface area contributed by atoms with E-state index in [9.17, 15) is 13.7 Å². The van der Waals surface area contributed by atoms with Crippen molar-refractivity contribution in [3.8, 4) is 5.75 Å². The number of ether oxygens (including phenoxy) is 1. The van der Waals surface area contributed by atoms with Crippen LogP contribution in [-0.4, -0.2) is 21.8 Å². The van der Waals surface area contributed by atoms with E-state index in [-0.39, 0.29) is 15.9 Å². The van der Waals surface area contributed by atoms with Gasteiger partial charge in [0.25, 0.3) is 0 Å². The van der Waals surface area contributed by atoms with Gasteiger partial charge in [0.1, 0.15) is 5.75 Å². The molecule has 0 spiro atoms. The third-order valence-corrected chi connectivity index (χ3v) is 11.1. The molecule has 0 aromatic heterocycles. The summed E-state index contributed by atoms with van der Waals surface area (Å²) in [6.07, 6.45) is 6.45. The Hall–Kier alpha value is -2.40. The van der Waals surface area contributed by atoms with Crippen molar-refractivity contribution in [1.82, 2.24) is 0 Å². The third kappa shape index (κ3) is 16.0. The summed E-state index contributed by atoms with van der Waals surface area (Å²) in [5.74, 6) is 0.972. The number of halogens is 3. The molecular weight excluding hydrogens is 720 g/mol. The minimum Gasteiger partial charge on any atom is -0.496 e. The molecule has 4 rings (SSSR count). The van der Waals surface area contributed by atoms with E-state index in [4.69, 9.17) is 53.1 Å². The first kappa shape index (κ1) is 42.6. The third-order valence-electron chi connectivity index (χ3n) is 6.52. The summed E-state index contributed by atoms with van der Waals surface area (Å²) in [6.45, 7) is -0.0971. The van der Waals surface area contributed by atoms with Crippen LogP contribution in [0.1, 0.15) is 36.1 Å². The molecule has 7 nitrogen and oxygen atoms in total. The van der Waals surface area contributed by atoms with Gasteiger partial charge in [0.05, 0.1) is 23.0 Å². The molecule has 0 fully saturated rings. The quantitative estimate of drug-likeness (QED) is 0.132. The van der Waals surface area contributed by atoms with E-state index in [1.807, 2.05) is 0 Å². The molecule has 0 aliphatic carbocycles. The molecule has 0 bridgehead atoms. The summed E-state index contributed by atoms with van der Waals surface area (Å²) in [6, 6.07) is 26.5. The van der Waals surface area contributed by atoms with Crippen LogP contribution in [0.4, 0.5) is 0 Å². The number of hydrogen-bond donors (Lipinski definition) is 3. The SMILES string of the molecule is C/C=C(C)/C=C/c1c(C)cc(OC)c(C)c1C.O=P(O)(Cl)c1ccccc1.O=P(O)(Cl)c1ccccc1.O=P(O)(Cl)c1ccccc1. The van der Waals surface area contributed by atoms with Gasteiger partial charge in [0.2, 0.25) is 0 Å². The maximum absolute atomic E-state index is 10.7. The van der Waals surface area contributed by atoms with E-state index >= 15 is 0 Å². The number of methoxy groups -OCH3 is 1. The van der Waals surface area contributed by atoms with E-state index in [2.05, 4.69) is 58.9 Å². The molecule has 4 aromatic carbocycles. The fraction of sp³-hybridized carbons (Fsp3) is 0.176.